The number of anilines is 1. The van der Waals surface area contributed by atoms with Crippen molar-refractivity contribution in [1.82, 2.24) is 4.98 Å². The number of carbonyl (C=O) groups excluding carboxylic acids is 1. The molecule has 0 atom stereocenters. The second-order valence-corrected chi connectivity index (χ2v) is 5.46. The number of carbonyl (C=O) groups is 1. The van der Waals surface area contributed by atoms with Crippen LogP contribution in [0.1, 0.15) is 12.8 Å². The Kier molecular flexibility index (Phi) is 2.97. The van der Waals surface area contributed by atoms with Crippen LogP contribution in [0.2, 0.25) is 0 Å². The van der Waals surface area contributed by atoms with Gasteiger partial charge in [0.1, 0.15) is 0 Å². The lowest BCUT2D eigenvalue weighted by Gasteiger charge is -2.11. The minimum absolute atomic E-state index is 0.000827. The van der Waals surface area contributed by atoms with E-state index in [1.807, 2.05) is 24.3 Å². The van der Waals surface area contributed by atoms with E-state index in [-0.39, 0.29) is 23.3 Å². The van der Waals surface area contributed by atoms with E-state index >= 15 is 0 Å². The van der Waals surface area contributed by atoms with Gasteiger partial charge in [0.25, 0.3) is 0 Å². The van der Waals surface area contributed by atoms with E-state index in [1.165, 1.54) is 4.90 Å². The fraction of sp³-hybridized carbons (Fsp3) is 0.176. The first-order chi connectivity index (χ1) is 11.2. The molecule has 1 aliphatic heterocycles. The molecule has 1 amide bonds. The third-order valence-corrected chi connectivity index (χ3v) is 4.05. The second-order valence-electron chi connectivity index (χ2n) is 5.46. The average Bonchev–Trinajstić information content (AvgIpc) is 3.11. The first-order valence-corrected chi connectivity index (χ1v) is 7.36. The van der Waals surface area contributed by atoms with E-state index in [0.29, 0.717) is 24.9 Å². The number of aromatic nitrogens is 1. The standard InChI is InChI=1S/C17H14N2O4/c20-13-6-3-9-19(13)17-15(22)14(21)16(23-17)11-7-8-18-12-5-2-1-4-10(11)12/h1-2,4-5,7-8,21-22H,3,6,9H2. The van der Waals surface area contributed by atoms with Crippen molar-refractivity contribution in [3.05, 3.63) is 36.5 Å². The molecule has 116 valence electrons. The van der Waals surface area contributed by atoms with Crippen molar-refractivity contribution in [1.29, 1.82) is 0 Å². The minimum Gasteiger partial charge on any atom is -0.502 e. The third kappa shape index (κ3) is 2.03. The topological polar surface area (TPSA) is 86.8 Å². The van der Waals surface area contributed by atoms with Crippen molar-refractivity contribution in [2.45, 2.75) is 12.8 Å². The zero-order valence-corrected chi connectivity index (χ0v) is 12.2. The summed E-state index contributed by atoms with van der Waals surface area (Å²) in [6.45, 7) is 0.468. The Labute approximate surface area is 131 Å². The van der Waals surface area contributed by atoms with E-state index in [9.17, 15) is 15.0 Å². The number of para-hydroxylation sites is 1. The fourth-order valence-corrected chi connectivity index (χ4v) is 2.92. The molecule has 0 unspecified atom stereocenters. The molecule has 23 heavy (non-hydrogen) atoms. The number of benzene rings is 1. The van der Waals surface area contributed by atoms with Crippen molar-refractivity contribution >= 4 is 22.7 Å². The van der Waals surface area contributed by atoms with Crippen LogP contribution in [0.15, 0.2) is 40.9 Å². The van der Waals surface area contributed by atoms with Gasteiger partial charge in [-0.05, 0) is 18.6 Å². The molecule has 1 saturated heterocycles. The van der Waals surface area contributed by atoms with Crippen LogP contribution in [-0.2, 0) is 4.79 Å². The largest absolute Gasteiger partial charge is 0.502 e. The van der Waals surface area contributed by atoms with Crippen LogP contribution >= 0.6 is 0 Å². The van der Waals surface area contributed by atoms with Crippen LogP contribution in [0.5, 0.6) is 11.5 Å². The number of amides is 1. The summed E-state index contributed by atoms with van der Waals surface area (Å²) in [5.41, 5.74) is 1.36. The van der Waals surface area contributed by atoms with Crippen LogP contribution in [0, 0.1) is 0 Å². The number of pyridine rings is 1. The molecular weight excluding hydrogens is 296 g/mol. The fourth-order valence-electron chi connectivity index (χ4n) is 2.92. The number of nitrogens with zero attached hydrogens (tertiary/aromatic N) is 2. The lowest BCUT2D eigenvalue weighted by Crippen LogP contribution is -2.23. The summed E-state index contributed by atoms with van der Waals surface area (Å²) in [6.07, 6.45) is 2.72. The molecule has 1 fully saturated rings. The van der Waals surface area contributed by atoms with Gasteiger partial charge in [0.05, 0.1) is 5.52 Å². The number of aromatic hydroxyl groups is 2. The van der Waals surface area contributed by atoms with Crippen LogP contribution in [0.25, 0.3) is 22.2 Å². The number of furan rings is 1. The SMILES string of the molecule is O=C1CCCN1c1oc(-c2ccnc3ccccc23)c(O)c1O. The Morgan fingerprint density at radius 1 is 1.13 bits per heavy atom. The molecule has 6 nitrogen and oxygen atoms in total. The molecule has 2 aromatic heterocycles. The van der Waals surface area contributed by atoms with Gasteiger partial charge in [0, 0.05) is 30.1 Å². The predicted molar refractivity (Wildman–Crippen MR) is 84.4 cm³/mol. The quantitative estimate of drug-likeness (QED) is 0.759. The van der Waals surface area contributed by atoms with Crippen molar-refractivity contribution in [2.75, 3.05) is 11.4 Å². The van der Waals surface area contributed by atoms with Gasteiger partial charge >= 0.3 is 0 Å². The predicted octanol–water partition coefficient (Wildman–Crippen LogP) is 3.03. The van der Waals surface area contributed by atoms with Gasteiger partial charge in [-0.25, -0.2) is 0 Å². The van der Waals surface area contributed by atoms with Crippen molar-refractivity contribution in [3.63, 3.8) is 0 Å². The Morgan fingerprint density at radius 2 is 1.96 bits per heavy atom. The second kappa shape index (κ2) is 5.01. The maximum Gasteiger partial charge on any atom is 0.249 e. The zero-order valence-electron chi connectivity index (χ0n) is 12.2. The number of hydrogen-bond donors (Lipinski definition) is 2. The third-order valence-electron chi connectivity index (χ3n) is 4.05. The molecule has 2 N–H and O–H groups in total. The van der Waals surface area contributed by atoms with Gasteiger partial charge in [-0.2, -0.15) is 0 Å². The maximum atomic E-state index is 11.9. The Hall–Kier alpha value is -3.02. The molecule has 4 rings (SSSR count). The number of rotatable bonds is 2. The molecule has 0 bridgehead atoms. The van der Waals surface area contributed by atoms with Gasteiger partial charge in [-0.15, -0.1) is 0 Å². The van der Waals surface area contributed by atoms with Gasteiger partial charge in [-0.3, -0.25) is 14.7 Å². The summed E-state index contributed by atoms with van der Waals surface area (Å²) in [7, 11) is 0. The zero-order chi connectivity index (χ0) is 16.0. The van der Waals surface area contributed by atoms with E-state index in [1.54, 1.807) is 12.3 Å². The highest BCUT2D eigenvalue weighted by molar-refractivity contribution is 5.99. The molecule has 3 aromatic rings. The first-order valence-electron chi connectivity index (χ1n) is 7.36. The van der Waals surface area contributed by atoms with Gasteiger partial charge in [0.15, 0.2) is 5.76 Å². The summed E-state index contributed by atoms with van der Waals surface area (Å²) >= 11 is 0. The highest BCUT2D eigenvalue weighted by atomic mass is 16.4. The van der Waals surface area contributed by atoms with Gasteiger partial charge in [-0.1, -0.05) is 18.2 Å². The molecule has 1 aliphatic rings. The molecule has 0 saturated carbocycles. The van der Waals surface area contributed by atoms with Crippen LogP contribution in [-0.4, -0.2) is 27.6 Å². The molecular formula is C17H14N2O4. The summed E-state index contributed by atoms with van der Waals surface area (Å²) in [4.78, 5) is 17.5. The normalized spacial score (nSPS) is 14.8. The smallest absolute Gasteiger partial charge is 0.249 e. The van der Waals surface area contributed by atoms with Crippen molar-refractivity contribution < 1.29 is 19.4 Å². The molecule has 0 aliphatic carbocycles. The lowest BCUT2D eigenvalue weighted by atomic mass is 10.1. The molecule has 1 aromatic carbocycles. The minimum atomic E-state index is -0.406. The number of hydrogen-bond acceptors (Lipinski definition) is 5. The van der Waals surface area contributed by atoms with Crippen LogP contribution in [0.3, 0.4) is 0 Å². The molecule has 3 heterocycles. The first kappa shape index (κ1) is 13.6. The average molecular weight is 310 g/mol. The van der Waals surface area contributed by atoms with E-state index in [2.05, 4.69) is 4.98 Å². The van der Waals surface area contributed by atoms with Crippen LogP contribution in [0.4, 0.5) is 5.88 Å². The summed E-state index contributed by atoms with van der Waals surface area (Å²) in [5, 5.41) is 21.2. The lowest BCUT2D eigenvalue weighted by molar-refractivity contribution is -0.117. The number of fused-ring (bicyclic) bond motifs is 1. The molecule has 6 heteroatoms. The van der Waals surface area contributed by atoms with Gasteiger partial charge < -0.3 is 14.6 Å². The van der Waals surface area contributed by atoms with E-state index in [0.717, 1.165) is 10.9 Å². The Bertz CT molecular complexity index is 911. The van der Waals surface area contributed by atoms with Crippen molar-refractivity contribution in [2.24, 2.45) is 0 Å². The Balaban J connectivity index is 1.91. The Morgan fingerprint density at radius 3 is 2.74 bits per heavy atom. The highest BCUT2D eigenvalue weighted by Gasteiger charge is 2.31. The van der Waals surface area contributed by atoms with E-state index < -0.39 is 5.75 Å². The molecule has 0 spiro atoms. The molecule has 0 radical (unpaired) electrons. The van der Waals surface area contributed by atoms with E-state index in [4.69, 9.17) is 4.42 Å². The highest BCUT2D eigenvalue weighted by Crippen LogP contribution is 2.48. The monoisotopic (exact) mass is 310 g/mol. The summed E-state index contributed by atoms with van der Waals surface area (Å²) in [5.74, 6) is -0.760. The van der Waals surface area contributed by atoms with Gasteiger partial charge in [0.2, 0.25) is 23.3 Å². The summed E-state index contributed by atoms with van der Waals surface area (Å²) in [6, 6.07) is 9.14. The van der Waals surface area contributed by atoms with Crippen LogP contribution < -0.4 is 4.90 Å². The summed E-state index contributed by atoms with van der Waals surface area (Å²) < 4.78 is 5.67. The maximum absolute atomic E-state index is 11.9. The van der Waals surface area contributed by atoms with Crippen molar-refractivity contribution in [3.8, 4) is 22.8 Å².